The zero-order valence-corrected chi connectivity index (χ0v) is 13.5. The molecule has 1 aromatic carbocycles. The third-order valence-corrected chi connectivity index (χ3v) is 4.82. The van der Waals surface area contributed by atoms with Gasteiger partial charge in [0.15, 0.2) is 5.96 Å². The first-order valence-corrected chi connectivity index (χ1v) is 9.18. The van der Waals surface area contributed by atoms with E-state index in [4.69, 9.17) is 10.9 Å². The summed E-state index contributed by atoms with van der Waals surface area (Å²) in [6, 6.07) is 6.77. The van der Waals surface area contributed by atoms with Crippen molar-refractivity contribution in [3.05, 3.63) is 29.8 Å². The van der Waals surface area contributed by atoms with Gasteiger partial charge in [0.1, 0.15) is 0 Å². The maximum Gasteiger partial charge on any atom is 0.238 e. The number of nitrogens with two attached hydrogens (primary N) is 2. The Hall–Kier alpha value is -1.60. The molecule has 5 N–H and O–H groups in total. The fourth-order valence-electron chi connectivity index (χ4n) is 2.64. The Morgan fingerprint density at radius 3 is 2.27 bits per heavy atom. The van der Waals surface area contributed by atoms with E-state index >= 15 is 0 Å². The van der Waals surface area contributed by atoms with E-state index < -0.39 is 10.0 Å². The molecule has 0 radical (unpaired) electrons. The molecule has 1 aromatic rings. The van der Waals surface area contributed by atoms with E-state index in [0.717, 1.165) is 18.4 Å². The minimum Gasteiger partial charge on any atom is -0.370 e. The Bertz CT molecular complexity index is 603. The first-order valence-electron chi connectivity index (χ1n) is 7.63. The van der Waals surface area contributed by atoms with Gasteiger partial charge in [-0.15, -0.1) is 0 Å². The molecule has 1 aliphatic rings. The van der Waals surface area contributed by atoms with Crippen molar-refractivity contribution in [1.29, 1.82) is 0 Å². The molecule has 0 unspecified atom stereocenters. The van der Waals surface area contributed by atoms with Crippen LogP contribution >= 0.6 is 0 Å². The second-order valence-electron chi connectivity index (χ2n) is 5.72. The summed E-state index contributed by atoms with van der Waals surface area (Å²) in [4.78, 5) is 4.42. The lowest BCUT2D eigenvalue weighted by Crippen LogP contribution is -2.39. The molecule has 7 heteroatoms. The lowest BCUT2D eigenvalue weighted by molar-refractivity contribution is 0.530. The molecular formula is C15H24N4O2S. The summed E-state index contributed by atoms with van der Waals surface area (Å²) in [5, 5.41) is 8.34. The molecule has 0 amide bonds. The van der Waals surface area contributed by atoms with Crippen LogP contribution in [0.15, 0.2) is 34.2 Å². The fourth-order valence-corrected chi connectivity index (χ4v) is 3.15. The van der Waals surface area contributed by atoms with E-state index in [9.17, 15) is 8.42 Å². The highest BCUT2D eigenvalue weighted by molar-refractivity contribution is 7.89. The van der Waals surface area contributed by atoms with Crippen LogP contribution in [0.2, 0.25) is 0 Å². The van der Waals surface area contributed by atoms with Crippen LogP contribution in [0, 0.1) is 0 Å². The van der Waals surface area contributed by atoms with E-state index in [2.05, 4.69) is 10.3 Å². The molecule has 0 bridgehead atoms. The quantitative estimate of drug-likeness (QED) is 0.442. The van der Waals surface area contributed by atoms with Crippen LogP contribution in [-0.4, -0.2) is 20.4 Å². The van der Waals surface area contributed by atoms with Crippen molar-refractivity contribution in [2.45, 2.75) is 56.0 Å². The number of hydrogen-bond donors (Lipinski definition) is 3. The van der Waals surface area contributed by atoms with Gasteiger partial charge in [0.2, 0.25) is 10.0 Å². The number of benzene rings is 1. The van der Waals surface area contributed by atoms with Crippen LogP contribution in [0.1, 0.15) is 44.1 Å². The summed E-state index contributed by atoms with van der Waals surface area (Å²) < 4.78 is 22.4. The topological polar surface area (TPSA) is 111 Å². The molecule has 2 rings (SSSR count). The molecule has 0 atom stereocenters. The van der Waals surface area contributed by atoms with Gasteiger partial charge < -0.3 is 11.1 Å². The van der Waals surface area contributed by atoms with Gasteiger partial charge in [0, 0.05) is 6.04 Å². The summed E-state index contributed by atoms with van der Waals surface area (Å²) in [7, 11) is -3.65. The number of primary sulfonamides is 1. The Balaban J connectivity index is 1.90. The molecule has 122 valence electrons. The van der Waals surface area contributed by atoms with Crippen LogP contribution in [0.25, 0.3) is 0 Å². The molecule has 0 saturated heterocycles. The number of hydrogen-bond acceptors (Lipinski definition) is 3. The minimum absolute atomic E-state index is 0.102. The third-order valence-electron chi connectivity index (χ3n) is 3.89. The highest BCUT2D eigenvalue weighted by atomic mass is 32.2. The van der Waals surface area contributed by atoms with E-state index in [1.165, 1.54) is 37.8 Å². The molecular weight excluding hydrogens is 300 g/mol. The average Bonchev–Trinajstić information content (AvgIpc) is 2.73. The fraction of sp³-hybridized carbons (Fsp3) is 0.533. The lowest BCUT2D eigenvalue weighted by Gasteiger charge is -2.16. The smallest absolute Gasteiger partial charge is 0.238 e. The van der Waals surface area contributed by atoms with Crippen molar-refractivity contribution in [3.8, 4) is 0 Å². The number of nitrogens with zero attached hydrogens (tertiary/aromatic N) is 1. The van der Waals surface area contributed by atoms with Gasteiger partial charge in [0.05, 0.1) is 11.4 Å². The predicted molar refractivity (Wildman–Crippen MR) is 87.8 cm³/mol. The standard InChI is InChI=1S/C15H24N4O2S/c16-15(19-13-5-3-1-2-4-6-13)18-11-12-7-9-14(10-8-12)22(17,20)21/h7-10,13H,1-6,11H2,(H3,16,18,19)(H2,17,20,21). The predicted octanol–water partition coefficient (Wildman–Crippen LogP) is 1.46. The maximum atomic E-state index is 11.2. The Kier molecular flexibility index (Phi) is 5.79. The number of sulfonamides is 1. The summed E-state index contributed by atoms with van der Waals surface area (Å²) >= 11 is 0. The Morgan fingerprint density at radius 2 is 1.73 bits per heavy atom. The van der Waals surface area contributed by atoms with Crippen molar-refractivity contribution in [3.63, 3.8) is 0 Å². The van der Waals surface area contributed by atoms with E-state index in [-0.39, 0.29) is 4.90 Å². The molecule has 22 heavy (non-hydrogen) atoms. The molecule has 6 nitrogen and oxygen atoms in total. The number of rotatable bonds is 4. The number of nitrogens with one attached hydrogen (secondary N) is 1. The molecule has 1 saturated carbocycles. The highest BCUT2D eigenvalue weighted by Crippen LogP contribution is 2.17. The third kappa shape index (κ3) is 5.31. The van der Waals surface area contributed by atoms with Gasteiger partial charge in [-0.1, -0.05) is 37.8 Å². The van der Waals surface area contributed by atoms with Gasteiger partial charge in [-0.05, 0) is 30.5 Å². The van der Waals surface area contributed by atoms with Gasteiger partial charge in [-0.25, -0.2) is 18.5 Å². The maximum absolute atomic E-state index is 11.2. The minimum atomic E-state index is -3.65. The van der Waals surface area contributed by atoms with Gasteiger partial charge in [-0.2, -0.15) is 0 Å². The van der Waals surface area contributed by atoms with Gasteiger partial charge in [-0.3, -0.25) is 0 Å². The largest absolute Gasteiger partial charge is 0.370 e. The molecule has 1 fully saturated rings. The number of guanidine groups is 1. The van der Waals surface area contributed by atoms with E-state index in [0.29, 0.717) is 18.5 Å². The molecule has 0 spiro atoms. The lowest BCUT2D eigenvalue weighted by atomic mass is 10.1. The monoisotopic (exact) mass is 324 g/mol. The highest BCUT2D eigenvalue weighted by Gasteiger charge is 2.12. The van der Waals surface area contributed by atoms with Gasteiger partial charge in [0.25, 0.3) is 0 Å². The zero-order valence-electron chi connectivity index (χ0n) is 12.7. The average molecular weight is 324 g/mol. The van der Waals surface area contributed by atoms with Crippen LogP contribution in [-0.2, 0) is 16.6 Å². The second kappa shape index (κ2) is 7.60. The first-order chi connectivity index (χ1) is 10.4. The normalized spacial score (nSPS) is 18.0. The SMILES string of the molecule is NC(=NCc1ccc(S(N)(=O)=O)cc1)NC1CCCCCC1. The Labute approximate surface area is 132 Å². The molecule has 0 aromatic heterocycles. The van der Waals surface area contributed by atoms with Crippen molar-refractivity contribution in [1.82, 2.24) is 5.32 Å². The Morgan fingerprint density at radius 1 is 1.14 bits per heavy atom. The summed E-state index contributed by atoms with van der Waals surface area (Å²) in [5.74, 6) is 0.447. The van der Waals surface area contributed by atoms with Crippen LogP contribution in [0.4, 0.5) is 0 Å². The van der Waals surface area contributed by atoms with Crippen LogP contribution in [0.5, 0.6) is 0 Å². The van der Waals surface area contributed by atoms with E-state index in [1.54, 1.807) is 12.1 Å². The van der Waals surface area contributed by atoms with Crippen molar-refractivity contribution in [2.24, 2.45) is 15.9 Å². The molecule has 0 aliphatic heterocycles. The van der Waals surface area contributed by atoms with Crippen molar-refractivity contribution < 1.29 is 8.42 Å². The molecule has 1 aliphatic carbocycles. The van der Waals surface area contributed by atoms with Crippen LogP contribution in [0.3, 0.4) is 0 Å². The summed E-state index contributed by atoms with van der Waals surface area (Å²) in [5.41, 5.74) is 6.81. The summed E-state index contributed by atoms with van der Waals surface area (Å²) in [6.45, 7) is 0.413. The van der Waals surface area contributed by atoms with E-state index in [1.807, 2.05) is 0 Å². The van der Waals surface area contributed by atoms with Crippen LogP contribution < -0.4 is 16.2 Å². The summed E-state index contributed by atoms with van der Waals surface area (Å²) in [6.07, 6.45) is 7.34. The molecule has 0 heterocycles. The zero-order chi connectivity index (χ0) is 16.0. The van der Waals surface area contributed by atoms with Crippen molar-refractivity contribution >= 4 is 16.0 Å². The van der Waals surface area contributed by atoms with Gasteiger partial charge >= 0.3 is 0 Å². The van der Waals surface area contributed by atoms with Crippen molar-refractivity contribution in [2.75, 3.05) is 0 Å². The number of aliphatic imine (C=N–C) groups is 1. The first kappa shape index (κ1) is 16.8. The second-order valence-corrected chi connectivity index (χ2v) is 7.28.